The number of amides is 1. The molecule has 3 rings (SSSR count). The molecule has 0 bridgehead atoms. The van der Waals surface area contributed by atoms with Gasteiger partial charge in [-0.25, -0.2) is 4.79 Å². The van der Waals surface area contributed by atoms with E-state index in [1.807, 2.05) is 18.2 Å². The Labute approximate surface area is 147 Å². The summed E-state index contributed by atoms with van der Waals surface area (Å²) < 4.78 is 4.65. The van der Waals surface area contributed by atoms with Crippen LogP contribution < -0.4 is 11.1 Å². The number of methoxy groups -OCH3 is 1. The standard InChI is InChI=1S/C20H23N3O2/c1-13(14-6-4-3-5-7-14)8-9-15-10-17-16(11-18(15)21)12-22-19(17)23-20(24)25-2/h3-7,10-11,13H,8-9,12,21H2,1-2H3,(H,22,23,24)/t13-/m0/s1. The molecule has 0 fully saturated rings. The molecule has 0 spiro atoms. The van der Waals surface area contributed by atoms with Crippen LogP contribution >= 0.6 is 0 Å². The highest BCUT2D eigenvalue weighted by molar-refractivity contribution is 6.09. The quantitative estimate of drug-likeness (QED) is 0.837. The number of nitrogens with one attached hydrogen (secondary N) is 1. The molecule has 1 aliphatic rings. The Morgan fingerprint density at radius 2 is 2.08 bits per heavy atom. The average molecular weight is 337 g/mol. The van der Waals surface area contributed by atoms with Gasteiger partial charge in [-0.2, -0.15) is 0 Å². The first-order valence-corrected chi connectivity index (χ1v) is 8.44. The molecule has 1 aliphatic heterocycles. The van der Waals surface area contributed by atoms with Gasteiger partial charge >= 0.3 is 6.09 Å². The molecule has 5 heteroatoms. The number of nitrogens with two attached hydrogens (primary N) is 1. The Bertz CT molecular complexity index is 800. The number of amidine groups is 1. The third-order valence-electron chi connectivity index (χ3n) is 4.65. The molecule has 5 nitrogen and oxygen atoms in total. The van der Waals surface area contributed by atoms with Crippen molar-refractivity contribution in [1.82, 2.24) is 5.32 Å². The monoisotopic (exact) mass is 337 g/mol. The summed E-state index contributed by atoms with van der Waals surface area (Å²) in [7, 11) is 1.34. The van der Waals surface area contributed by atoms with E-state index in [9.17, 15) is 4.79 Å². The second kappa shape index (κ2) is 7.38. The molecule has 3 N–H and O–H groups in total. The van der Waals surface area contributed by atoms with E-state index in [1.165, 1.54) is 12.7 Å². The van der Waals surface area contributed by atoms with E-state index in [0.717, 1.165) is 35.2 Å². The third kappa shape index (κ3) is 3.82. The number of nitrogens with zero attached hydrogens (tertiary/aromatic N) is 1. The van der Waals surface area contributed by atoms with E-state index in [-0.39, 0.29) is 0 Å². The molecular weight excluding hydrogens is 314 g/mol. The van der Waals surface area contributed by atoms with Gasteiger partial charge in [-0.05, 0) is 47.6 Å². The summed E-state index contributed by atoms with van der Waals surface area (Å²) in [6.45, 7) is 2.75. The maximum atomic E-state index is 11.5. The second-order valence-electron chi connectivity index (χ2n) is 6.34. The van der Waals surface area contributed by atoms with Crippen molar-refractivity contribution in [3.05, 3.63) is 64.7 Å². The van der Waals surface area contributed by atoms with Gasteiger partial charge in [0.25, 0.3) is 0 Å². The number of benzene rings is 2. The van der Waals surface area contributed by atoms with Crippen LogP contribution in [0.25, 0.3) is 0 Å². The lowest BCUT2D eigenvalue weighted by Crippen LogP contribution is -2.30. The number of alkyl carbamates (subject to hydrolysis) is 1. The van der Waals surface area contributed by atoms with Crippen molar-refractivity contribution >= 4 is 17.6 Å². The number of fused-ring (bicyclic) bond motifs is 1. The van der Waals surface area contributed by atoms with Gasteiger partial charge in [-0.3, -0.25) is 10.3 Å². The highest BCUT2D eigenvalue weighted by atomic mass is 16.5. The van der Waals surface area contributed by atoms with Crippen molar-refractivity contribution in [3.63, 3.8) is 0 Å². The zero-order valence-electron chi connectivity index (χ0n) is 14.6. The van der Waals surface area contributed by atoms with Crippen molar-refractivity contribution in [1.29, 1.82) is 0 Å². The normalized spacial score (nSPS) is 13.8. The van der Waals surface area contributed by atoms with Crippen molar-refractivity contribution in [2.75, 3.05) is 12.8 Å². The molecule has 1 atom stereocenters. The number of aliphatic imine (C=N–C) groups is 1. The van der Waals surface area contributed by atoms with Gasteiger partial charge in [0.05, 0.1) is 13.7 Å². The van der Waals surface area contributed by atoms with Crippen molar-refractivity contribution in [3.8, 4) is 0 Å². The van der Waals surface area contributed by atoms with E-state index >= 15 is 0 Å². The molecule has 0 aromatic heterocycles. The number of rotatable bonds is 4. The molecule has 2 aromatic rings. The smallest absolute Gasteiger partial charge is 0.412 e. The third-order valence-corrected chi connectivity index (χ3v) is 4.65. The number of aryl methyl sites for hydroxylation is 1. The molecule has 0 saturated heterocycles. The molecule has 0 radical (unpaired) electrons. The highest BCUT2D eigenvalue weighted by Crippen LogP contribution is 2.28. The van der Waals surface area contributed by atoms with Crippen LogP contribution in [0.15, 0.2) is 47.5 Å². The van der Waals surface area contributed by atoms with Crippen LogP contribution in [-0.4, -0.2) is 19.0 Å². The SMILES string of the molecule is COC(=O)NC1=NCc2cc(N)c(CC[C@H](C)c3ccccc3)cc21. The number of carbonyl (C=O) groups is 1. The molecule has 1 amide bonds. The van der Waals surface area contributed by atoms with Crippen molar-refractivity contribution in [2.24, 2.45) is 4.99 Å². The Morgan fingerprint density at radius 1 is 1.32 bits per heavy atom. The molecule has 25 heavy (non-hydrogen) atoms. The van der Waals surface area contributed by atoms with Crippen molar-refractivity contribution < 1.29 is 9.53 Å². The Morgan fingerprint density at radius 3 is 2.80 bits per heavy atom. The molecule has 2 aromatic carbocycles. The molecule has 0 saturated carbocycles. The minimum atomic E-state index is -0.511. The van der Waals surface area contributed by atoms with Crippen LogP contribution in [0.5, 0.6) is 0 Å². The predicted octanol–water partition coefficient (Wildman–Crippen LogP) is 3.62. The lowest BCUT2D eigenvalue weighted by atomic mass is 9.92. The summed E-state index contributed by atoms with van der Waals surface area (Å²) in [5, 5.41) is 2.67. The first-order chi connectivity index (χ1) is 12.1. The van der Waals surface area contributed by atoms with Crippen LogP contribution in [0.2, 0.25) is 0 Å². The first-order valence-electron chi connectivity index (χ1n) is 8.44. The highest BCUT2D eigenvalue weighted by Gasteiger charge is 2.20. The first kappa shape index (κ1) is 17.0. The van der Waals surface area contributed by atoms with Crippen LogP contribution in [0.3, 0.4) is 0 Å². The largest absolute Gasteiger partial charge is 0.453 e. The number of nitrogen functional groups attached to an aromatic ring is 1. The Hall–Kier alpha value is -2.82. The zero-order valence-corrected chi connectivity index (χ0v) is 14.6. The van der Waals surface area contributed by atoms with E-state index in [4.69, 9.17) is 5.73 Å². The van der Waals surface area contributed by atoms with Crippen LogP contribution in [0.4, 0.5) is 10.5 Å². The summed E-state index contributed by atoms with van der Waals surface area (Å²) in [5.74, 6) is 1.01. The number of hydrogen-bond acceptors (Lipinski definition) is 4. The fourth-order valence-electron chi connectivity index (χ4n) is 3.10. The molecule has 0 unspecified atom stereocenters. The van der Waals surface area contributed by atoms with Gasteiger partial charge in [0.2, 0.25) is 0 Å². The summed E-state index contributed by atoms with van der Waals surface area (Å²) in [5.41, 5.74) is 11.4. The molecule has 0 aliphatic carbocycles. The molecule has 130 valence electrons. The van der Waals surface area contributed by atoms with Gasteiger partial charge in [0.1, 0.15) is 5.84 Å². The minimum absolute atomic E-state index is 0.454. The van der Waals surface area contributed by atoms with E-state index in [2.05, 4.69) is 46.2 Å². The number of carbonyl (C=O) groups excluding carboxylic acids is 1. The van der Waals surface area contributed by atoms with Crippen LogP contribution in [-0.2, 0) is 17.7 Å². The Balaban J connectivity index is 1.74. The van der Waals surface area contributed by atoms with E-state index in [0.29, 0.717) is 18.3 Å². The minimum Gasteiger partial charge on any atom is -0.453 e. The number of hydrogen-bond donors (Lipinski definition) is 2. The lowest BCUT2D eigenvalue weighted by molar-refractivity contribution is 0.177. The van der Waals surface area contributed by atoms with Crippen LogP contribution in [0.1, 0.15) is 41.5 Å². The van der Waals surface area contributed by atoms with Crippen molar-refractivity contribution in [2.45, 2.75) is 32.2 Å². The van der Waals surface area contributed by atoms with Crippen LogP contribution in [0, 0.1) is 0 Å². The van der Waals surface area contributed by atoms with E-state index in [1.54, 1.807) is 0 Å². The molecule has 1 heterocycles. The lowest BCUT2D eigenvalue weighted by Gasteiger charge is -2.14. The second-order valence-corrected chi connectivity index (χ2v) is 6.34. The fourth-order valence-corrected chi connectivity index (χ4v) is 3.10. The van der Waals surface area contributed by atoms with E-state index < -0.39 is 6.09 Å². The summed E-state index contributed by atoms with van der Waals surface area (Å²) >= 11 is 0. The summed E-state index contributed by atoms with van der Waals surface area (Å²) in [4.78, 5) is 15.8. The maximum absolute atomic E-state index is 11.5. The number of ether oxygens (including phenoxy) is 1. The number of anilines is 1. The topological polar surface area (TPSA) is 76.7 Å². The van der Waals surface area contributed by atoms with Gasteiger partial charge in [0.15, 0.2) is 0 Å². The van der Waals surface area contributed by atoms with Gasteiger partial charge < -0.3 is 10.5 Å². The maximum Gasteiger partial charge on any atom is 0.412 e. The average Bonchev–Trinajstić information content (AvgIpc) is 3.01. The summed E-state index contributed by atoms with van der Waals surface area (Å²) in [6, 6.07) is 14.5. The predicted molar refractivity (Wildman–Crippen MR) is 99.8 cm³/mol. The van der Waals surface area contributed by atoms with Gasteiger partial charge in [0, 0.05) is 11.3 Å². The van der Waals surface area contributed by atoms with Gasteiger partial charge in [-0.15, -0.1) is 0 Å². The Kier molecular flexibility index (Phi) is 5.03. The summed E-state index contributed by atoms with van der Waals surface area (Å²) in [6.07, 6.45) is 1.37. The zero-order chi connectivity index (χ0) is 17.8. The molecular formula is C20H23N3O2. The van der Waals surface area contributed by atoms with Gasteiger partial charge in [-0.1, -0.05) is 37.3 Å². The fraction of sp³-hybridized carbons (Fsp3) is 0.300.